The molecule has 3 nitrogen and oxygen atoms in total. The first kappa shape index (κ1) is 10.9. The average molecular weight is 162 g/mol. The highest BCUT2D eigenvalue weighted by Gasteiger charge is 2.05. The van der Waals surface area contributed by atoms with E-state index >= 15 is 0 Å². The first-order valence-electron chi connectivity index (χ1n) is 3.94. The Balaban J connectivity index is 3.25. The highest BCUT2D eigenvalue weighted by atomic mass is 16.5. The molecule has 0 aliphatic carbocycles. The van der Waals surface area contributed by atoms with Gasteiger partial charge in [0.25, 0.3) is 0 Å². The van der Waals surface area contributed by atoms with Crippen molar-refractivity contribution in [3.05, 3.63) is 0 Å². The van der Waals surface area contributed by atoms with E-state index in [-0.39, 0.29) is 6.10 Å². The molecule has 0 aliphatic heterocycles. The molecule has 0 amide bonds. The predicted molar refractivity (Wildman–Crippen MR) is 43.8 cm³/mol. The van der Waals surface area contributed by atoms with Crippen LogP contribution in [0.15, 0.2) is 0 Å². The maximum absolute atomic E-state index is 5.20. The van der Waals surface area contributed by atoms with Gasteiger partial charge in [0.05, 0.1) is 12.7 Å². The molecule has 11 heavy (non-hydrogen) atoms. The summed E-state index contributed by atoms with van der Waals surface area (Å²) in [7, 11) is 3.38. The number of methoxy groups -OCH3 is 2. The molecule has 0 N–H and O–H groups in total. The molecule has 1 atom stereocenters. The summed E-state index contributed by atoms with van der Waals surface area (Å²) in [6.07, 6.45) is 1.07. The number of hydrogen-bond acceptors (Lipinski definition) is 3. The zero-order chi connectivity index (χ0) is 8.53. The predicted octanol–water partition coefficient (Wildman–Crippen LogP) is 1.07. The van der Waals surface area contributed by atoms with E-state index < -0.39 is 0 Å². The SMILES string of the molecule is CCOCC(CCOC)OC. The van der Waals surface area contributed by atoms with Crippen molar-refractivity contribution in [3.8, 4) is 0 Å². The second-order valence-electron chi connectivity index (χ2n) is 2.30. The fourth-order valence-electron chi connectivity index (χ4n) is 0.768. The summed E-state index contributed by atoms with van der Waals surface area (Å²) >= 11 is 0. The summed E-state index contributed by atoms with van der Waals surface area (Å²) in [4.78, 5) is 0. The summed E-state index contributed by atoms with van der Waals surface area (Å²) in [6.45, 7) is 4.11. The van der Waals surface area contributed by atoms with E-state index in [0.717, 1.165) is 19.6 Å². The summed E-state index contributed by atoms with van der Waals surface area (Å²) in [5, 5.41) is 0. The highest BCUT2D eigenvalue weighted by Crippen LogP contribution is 1.97. The summed E-state index contributed by atoms with van der Waals surface area (Å²) < 4.78 is 15.3. The molecule has 0 saturated carbocycles. The minimum Gasteiger partial charge on any atom is -0.385 e. The van der Waals surface area contributed by atoms with Crippen LogP contribution in [0.1, 0.15) is 13.3 Å². The molecule has 68 valence electrons. The molecule has 0 aromatic rings. The van der Waals surface area contributed by atoms with E-state index in [2.05, 4.69) is 0 Å². The minimum absolute atomic E-state index is 0.176. The van der Waals surface area contributed by atoms with E-state index in [1.165, 1.54) is 0 Å². The molecule has 0 rings (SSSR count). The molecule has 0 saturated heterocycles. The third-order valence-electron chi connectivity index (χ3n) is 1.49. The van der Waals surface area contributed by atoms with Gasteiger partial charge in [0.1, 0.15) is 0 Å². The lowest BCUT2D eigenvalue weighted by Gasteiger charge is -2.13. The Hall–Kier alpha value is -0.120. The minimum atomic E-state index is 0.176. The quantitative estimate of drug-likeness (QED) is 0.560. The van der Waals surface area contributed by atoms with Crippen LogP contribution in [0, 0.1) is 0 Å². The second kappa shape index (κ2) is 7.98. The van der Waals surface area contributed by atoms with Gasteiger partial charge in [0.2, 0.25) is 0 Å². The van der Waals surface area contributed by atoms with Crippen molar-refractivity contribution in [2.75, 3.05) is 34.0 Å². The van der Waals surface area contributed by atoms with E-state index in [4.69, 9.17) is 14.2 Å². The first-order valence-corrected chi connectivity index (χ1v) is 3.94. The molecule has 1 unspecified atom stereocenters. The van der Waals surface area contributed by atoms with Crippen molar-refractivity contribution in [2.45, 2.75) is 19.4 Å². The average Bonchev–Trinajstić information content (AvgIpc) is 2.05. The summed E-state index contributed by atoms with van der Waals surface area (Å²) in [6, 6.07) is 0. The van der Waals surface area contributed by atoms with Crippen molar-refractivity contribution in [2.24, 2.45) is 0 Å². The Morgan fingerprint density at radius 3 is 2.45 bits per heavy atom. The van der Waals surface area contributed by atoms with E-state index in [0.29, 0.717) is 6.61 Å². The van der Waals surface area contributed by atoms with Crippen LogP contribution in [0.3, 0.4) is 0 Å². The Morgan fingerprint density at radius 2 is 2.00 bits per heavy atom. The van der Waals surface area contributed by atoms with Crippen LogP contribution in [-0.4, -0.2) is 40.1 Å². The molecule has 0 aromatic heterocycles. The van der Waals surface area contributed by atoms with Crippen molar-refractivity contribution in [1.29, 1.82) is 0 Å². The molecule has 3 heteroatoms. The fraction of sp³-hybridized carbons (Fsp3) is 1.00. The van der Waals surface area contributed by atoms with Gasteiger partial charge in [-0.2, -0.15) is 0 Å². The van der Waals surface area contributed by atoms with Crippen LogP contribution in [-0.2, 0) is 14.2 Å². The lowest BCUT2D eigenvalue weighted by atomic mass is 10.3. The highest BCUT2D eigenvalue weighted by molar-refractivity contribution is 4.54. The molecule has 0 heterocycles. The zero-order valence-corrected chi connectivity index (χ0v) is 7.63. The van der Waals surface area contributed by atoms with Crippen molar-refractivity contribution < 1.29 is 14.2 Å². The van der Waals surface area contributed by atoms with Crippen molar-refractivity contribution in [1.82, 2.24) is 0 Å². The van der Waals surface area contributed by atoms with Gasteiger partial charge in [-0.3, -0.25) is 0 Å². The Morgan fingerprint density at radius 1 is 1.27 bits per heavy atom. The Kier molecular flexibility index (Phi) is 7.89. The van der Waals surface area contributed by atoms with Gasteiger partial charge in [0.15, 0.2) is 0 Å². The maximum atomic E-state index is 5.20. The maximum Gasteiger partial charge on any atom is 0.0826 e. The van der Waals surface area contributed by atoms with Gasteiger partial charge in [-0.15, -0.1) is 0 Å². The van der Waals surface area contributed by atoms with E-state index in [1.807, 2.05) is 6.92 Å². The molecule has 0 bridgehead atoms. The van der Waals surface area contributed by atoms with Gasteiger partial charge in [-0.05, 0) is 13.3 Å². The molecule has 0 aromatic carbocycles. The van der Waals surface area contributed by atoms with Crippen LogP contribution >= 0.6 is 0 Å². The fourth-order valence-corrected chi connectivity index (χ4v) is 0.768. The normalized spacial score (nSPS) is 13.4. The standard InChI is InChI=1S/C8H18O3/c1-4-11-7-8(10-3)5-6-9-2/h8H,4-7H2,1-3H3. The van der Waals surface area contributed by atoms with Crippen LogP contribution in [0.2, 0.25) is 0 Å². The molecule has 0 fully saturated rings. The zero-order valence-electron chi connectivity index (χ0n) is 7.63. The van der Waals surface area contributed by atoms with Gasteiger partial charge < -0.3 is 14.2 Å². The van der Waals surface area contributed by atoms with Gasteiger partial charge in [-0.25, -0.2) is 0 Å². The van der Waals surface area contributed by atoms with E-state index in [1.54, 1.807) is 14.2 Å². The Labute approximate surface area is 68.6 Å². The summed E-state index contributed by atoms with van der Waals surface area (Å²) in [5.74, 6) is 0. The smallest absolute Gasteiger partial charge is 0.0826 e. The van der Waals surface area contributed by atoms with Crippen molar-refractivity contribution in [3.63, 3.8) is 0 Å². The third kappa shape index (κ3) is 6.28. The largest absolute Gasteiger partial charge is 0.385 e. The number of hydrogen-bond donors (Lipinski definition) is 0. The molecular formula is C8H18O3. The Bertz CT molecular complexity index is 67.7. The monoisotopic (exact) mass is 162 g/mol. The second-order valence-corrected chi connectivity index (χ2v) is 2.30. The topological polar surface area (TPSA) is 27.7 Å². The summed E-state index contributed by atoms with van der Waals surface area (Å²) in [5.41, 5.74) is 0. The molecule has 0 aliphatic rings. The third-order valence-corrected chi connectivity index (χ3v) is 1.49. The van der Waals surface area contributed by atoms with Gasteiger partial charge in [-0.1, -0.05) is 0 Å². The lowest BCUT2D eigenvalue weighted by Crippen LogP contribution is -2.20. The van der Waals surface area contributed by atoms with Crippen LogP contribution < -0.4 is 0 Å². The van der Waals surface area contributed by atoms with Crippen LogP contribution in [0.25, 0.3) is 0 Å². The van der Waals surface area contributed by atoms with Gasteiger partial charge in [0, 0.05) is 27.4 Å². The number of rotatable bonds is 7. The number of ether oxygens (including phenoxy) is 3. The lowest BCUT2D eigenvalue weighted by molar-refractivity contribution is -0.00335. The van der Waals surface area contributed by atoms with Crippen LogP contribution in [0.4, 0.5) is 0 Å². The molecule has 0 radical (unpaired) electrons. The molecule has 0 spiro atoms. The van der Waals surface area contributed by atoms with Crippen molar-refractivity contribution >= 4 is 0 Å². The van der Waals surface area contributed by atoms with Crippen LogP contribution in [0.5, 0.6) is 0 Å². The van der Waals surface area contributed by atoms with E-state index in [9.17, 15) is 0 Å². The first-order chi connectivity index (χ1) is 5.35. The van der Waals surface area contributed by atoms with Gasteiger partial charge >= 0.3 is 0 Å². The molecular weight excluding hydrogens is 144 g/mol.